The molecule has 5 N–H and O–H groups in total. The zero-order valence-electron chi connectivity index (χ0n) is 13.8. The van der Waals surface area contributed by atoms with Crippen molar-refractivity contribution >= 4 is 18.6 Å². The fourth-order valence-electron chi connectivity index (χ4n) is 2.91. The second-order valence-electron chi connectivity index (χ2n) is 5.80. The van der Waals surface area contributed by atoms with Gasteiger partial charge in [0, 0.05) is 0 Å². The number of nitrogens with one attached hydrogen (secondary N) is 1. The molecule has 2 aromatic heterocycles. The standard InChI is InChI=1S/C14H20BF2N5O3/c1-3-9(23)7(2)11(25-15-19)14(24,13(16)17)10-5-4-8-12(18)20-6-21-22(8)10/h4-7,9,11,13,19,23-24H,3H2,1-2H3,(H2,18,20,21)/t7-,9+,11?,14-/m0/s1. The Morgan fingerprint density at radius 3 is 2.72 bits per heavy atom. The summed E-state index contributed by atoms with van der Waals surface area (Å²) >= 11 is 0. The first-order valence-electron chi connectivity index (χ1n) is 7.70. The number of anilines is 1. The Labute approximate surface area is 143 Å². The third-order valence-corrected chi connectivity index (χ3v) is 4.38. The van der Waals surface area contributed by atoms with Crippen molar-refractivity contribution in [1.29, 1.82) is 5.31 Å². The first kappa shape index (κ1) is 19.2. The predicted molar refractivity (Wildman–Crippen MR) is 86.1 cm³/mol. The van der Waals surface area contributed by atoms with Crippen LogP contribution in [-0.2, 0) is 10.3 Å². The van der Waals surface area contributed by atoms with Crippen molar-refractivity contribution in [3.63, 3.8) is 0 Å². The Morgan fingerprint density at radius 1 is 1.48 bits per heavy atom. The van der Waals surface area contributed by atoms with E-state index in [1.54, 1.807) is 6.92 Å². The number of aliphatic hydroxyl groups is 2. The molecule has 0 fully saturated rings. The Morgan fingerprint density at radius 2 is 2.16 bits per heavy atom. The van der Waals surface area contributed by atoms with Gasteiger partial charge in [0.25, 0.3) is 0 Å². The number of nitrogens with two attached hydrogens (primary N) is 1. The van der Waals surface area contributed by atoms with Gasteiger partial charge in [0.05, 0.1) is 0 Å². The summed E-state index contributed by atoms with van der Waals surface area (Å²) in [7, 11) is 0.468. The monoisotopic (exact) mass is 355 g/mol. The maximum absolute atomic E-state index is 14.0. The molecule has 0 amide bonds. The van der Waals surface area contributed by atoms with Crippen molar-refractivity contribution in [2.75, 3.05) is 5.73 Å². The molecule has 4 atom stereocenters. The molecule has 0 saturated heterocycles. The van der Waals surface area contributed by atoms with Crippen LogP contribution in [0.1, 0.15) is 26.0 Å². The molecule has 2 heterocycles. The fraction of sp³-hybridized carbons (Fsp3) is 0.571. The molecule has 0 aliphatic carbocycles. The molecular weight excluding hydrogens is 335 g/mol. The van der Waals surface area contributed by atoms with E-state index in [0.29, 0.717) is 7.27 Å². The number of alkyl halides is 2. The summed E-state index contributed by atoms with van der Waals surface area (Å²) in [5.74, 6) is -0.834. The van der Waals surface area contributed by atoms with Crippen molar-refractivity contribution in [1.82, 2.24) is 14.6 Å². The molecule has 25 heavy (non-hydrogen) atoms. The molecule has 0 spiro atoms. The summed E-state index contributed by atoms with van der Waals surface area (Å²) < 4.78 is 34.1. The summed E-state index contributed by atoms with van der Waals surface area (Å²) in [5.41, 5.74) is 2.85. The van der Waals surface area contributed by atoms with Crippen LogP contribution in [0.4, 0.5) is 14.6 Å². The normalized spacial score (nSPS) is 17.7. The van der Waals surface area contributed by atoms with Crippen molar-refractivity contribution in [2.24, 2.45) is 5.92 Å². The zero-order valence-corrected chi connectivity index (χ0v) is 13.8. The number of hydrogen-bond donors (Lipinski definition) is 4. The van der Waals surface area contributed by atoms with E-state index in [0.717, 1.165) is 10.8 Å². The van der Waals surface area contributed by atoms with E-state index in [4.69, 9.17) is 15.7 Å². The van der Waals surface area contributed by atoms with Gasteiger partial charge in [0.15, 0.2) is 0 Å². The summed E-state index contributed by atoms with van der Waals surface area (Å²) in [4.78, 5) is 3.77. The maximum atomic E-state index is 14.0. The third-order valence-electron chi connectivity index (χ3n) is 4.38. The van der Waals surface area contributed by atoms with Crippen LogP contribution in [0.15, 0.2) is 18.5 Å². The molecule has 0 aliphatic rings. The molecule has 0 radical (unpaired) electrons. The SMILES string of the molecule is CC[C@@H](O)[C@H](C)C(OB=N)[C@@](O)(c1ccc2c(N)ncnn12)C(F)F. The van der Waals surface area contributed by atoms with Gasteiger partial charge in [-0.1, -0.05) is 0 Å². The number of rotatable bonds is 8. The van der Waals surface area contributed by atoms with Gasteiger partial charge >= 0.3 is 142 Å². The van der Waals surface area contributed by atoms with Crippen LogP contribution < -0.4 is 5.73 Å². The minimum absolute atomic E-state index is 0.0593. The number of aliphatic hydroxyl groups excluding tert-OH is 1. The first-order chi connectivity index (χ1) is 11.8. The van der Waals surface area contributed by atoms with Gasteiger partial charge in [-0.15, -0.1) is 0 Å². The molecular formula is C14H20BF2N5O3. The molecule has 136 valence electrons. The summed E-state index contributed by atoms with van der Waals surface area (Å²) in [6.07, 6.45) is -4.54. The molecule has 11 heteroatoms. The van der Waals surface area contributed by atoms with E-state index in [9.17, 15) is 19.0 Å². The van der Waals surface area contributed by atoms with Crippen molar-refractivity contribution in [3.05, 3.63) is 24.2 Å². The van der Waals surface area contributed by atoms with Crippen LogP contribution in [0.25, 0.3) is 5.52 Å². The number of nitrogen functional groups attached to an aromatic ring is 1. The third kappa shape index (κ3) is 3.21. The van der Waals surface area contributed by atoms with Gasteiger partial charge in [-0.05, 0) is 0 Å². The average Bonchev–Trinajstić information content (AvgIpc) is 3.03. The predicted octanol–water partition coefficient (Wildman–Crippen LogP) is 0.938. The van der Waals surface area contributed by atoms with Crippen LogP contribution >= 0.6 is 0 Å². The quantitative estimate of drug-likeness (QED) is 0.522. The van der Waals surface area contributed by atoms with Crippen LogP contribution in [0, 0.1) is 11.2 Å². The van der Waals surface area contributed by atoms with Gasteiger partial charge in [0.1, 0.15) is 0 Å². The van der Waals surface area contributed by atoms with Crippen LogP contribution in [-0.4, -0.2) is 50.7 Å². The number of fused-ring (bicyclic) bond motifs is 1. The number of hydrogen-bond acceptors (Lipinski definition) is 7. The topological polar surface area (TPSA) is 130 Å². The van der Waals surface area contributed by atoms with Gasteiger partial charge in [-0.3, -0.25) is 0 Å². The summed E-state index contributed by atoms with van der Waals surface area (Å²) in [6.45, 7) is 3.14. The molecule has 0 saturated carbocycles. The van der Waals surface area contributed by atoms with E-state index in [2.05, 4.69) is 10.1 Å². The number of halogens is 2. The summed E-state index contributed by atoms with van der Waals surface area (Å²) in [6, 6.07) is 2.65. The number of aromatic nitrogens is 3. The Balaban J connectivity index is 2.65. The van der Waals surface area contributed by atoms with Crippen LogP contribution in [0.3, 0.4) is 0 Å². The molecule has 2 rings (SSSR count). The second-order valence-corrected chi connectivity index (χ2v) is 5.80. The van der Waals surface area contributed by atoms with Crippen LogP contribution in [0.2, 0.25) is 0 Å². The molecule has 0 aliphatic heterocycles. The van der Waals surface area contributed by atoms with Gasteiger partial charge < -0.3 is 0 Å². The van der Waals surface area contributed by atoms with Gasteiger partial charge in [0.2, 0.25) is 0 Å². The molecule has 1 unspecified atom stereocenters. The van der Waals surface area contributed by atoms with Crippen molar-refractivity contribution in [3.8, 4) is 0 Å². The molecule has 2 aromatic rings. The van der Waals surface area contributed by atoms with Crippen molar-refractivity contribution < 1.29 is 23.6 Å². The van der Waals surface area contributed by atoms with E-state index >= 15 is 0 Å². The zero-order chi connectivity index (χ0) is 18.8. The number of nitrogens with zero attached hydrogens (tertiary/aromatic N) is 3. The van der Waals surface area contributed by atoms with Crippen LogP contribution in [0.5, 0.6) is 0 Å². The van der Waals surface area contributed by atoms with E-state index in [-0.39, 0.29) is 23.4 Å². The fourth-order valence-corrected chi connectivity index (χ4v) is 2.91. The molecule has 0 bridgehead atoms. The summed E-state index contributed by atoms with van der Waals surface area (Å²) in [5, 5.41) is 32.0. The second kappa shape index (κ2) is 7.40. The Bertz CT molecular complexity index is 746. The molecule has 0 aromatic carbocycles. The minimum atomic E-state index is -3.28. The Kier molecular flexibility index (Phi) is 5.68. The van der Waals surface area contributed by atoms with Gasteiger partial charge in [-0.2, -0.15) is 0 Å². The van der Waals surface area contributed by atoms with Gasteiger partial charge in [-0.25, -0.2) is 0 Å². The van der Waals surface area contributed by atoms with E-state index in [1.807, 2.05) is 0 Å². The Hall–Kier alpha value is -2.14. The average molecular weight is 355 g/mol. The van der Waals surface area contributed by atoms with E-state index < -0.39 is 30.2 Å². The van der Waals surface area contributed by atoms with E-state index in [1.165, 1.54) is 19.1 Å². The molecule has 8 nitrogen and oxygen atoms in total. The van der Waals surface area contributed by atoms with Crippen molar-refractivity contribution in [2.45, 2.75) is 44.5 Å². The first-order valence-corrected chi connectivity index (χ1v) is 7.70.